The number of hydrogen-bond donors (Lipinski definition) is 0. The Morgan fingerprint density at radius 3 is 2.94 bits per heavy atom. The molecule has 0 atom stereocenters. The molecule has 0 spiro atoms. The molecule has 0 unspecified atom stereocenters. The number of aryl methyl sites for hydroxylation is 1. The van der Waals surface area contributed by atoms with Gasteiger partial charge in [-0.3, -0.25) is 4.79 Å². The Hall–Kier alpha value is -1.84. The third-order valence-electron chi connectivity index (χ3n) is 2.50. The summed E-state index contributed by atoms with van der Waals surface area (Å²) in [6, 6.07) is 5.55. The zero-order valence-electron chi connectivity index (χ0n) is 9.43. The van der Waals surface area contributed by atoms with E-state index in [1.807, 2.05) is 25.1 Å². The van der Waals surface area contributed by atoms with Crippen molar-refractivity contribution in [1.82, 2.24) is 9.55 Å². The summed E-state index contributed by atoms with van der Waals surface area (Å²) in [6.45, 7) is 2.76. The number of nitrogens with zero attached hydrogens (tertiary/aromatic N) is 2. The highest BCUT2D eigenvalue weighted by Crippen LogP contribution is 2.17. The Kier molecular flexibility index (Phi) is 2.90. The molecule has 1 heterocycles. The van der Waals surface area contributed by atoms with Gasteiger partial charge in [0, 0.05) is 12.6 Å². The molecule has 0 aliphatic rings. The number of benzene rings is 1. The van der Waals surface area contributed by atoms with Crippen LogP contribution in [0.3, 0.4) is 0 Å². The molecule has 0 saturated carbocycles. The Bertz CT molecular complexity index is 560. The lowest BCUT2D eigenvalue weighted by Gasteiger charge is -2.08. The molecular formula is C12H14N2O2. The molecule has 16 heavy (non-hydrogen) atoms. The maximum atomic E-state index is 11.6. The average molecular weight is 218 g/mol. The van der Waals surface area contributed by atoms with Crippen molar-refractivity contribution in [2.24, 2.45) is 0 Å². The summed E-state index contributed by atoms with van der Waals surface area (Å²) in [4.78, 5) is 15.8. The van der Waals surface area contributed by atoms with E-state index >= 15 is 0 Å². The molecule has 2 aromatic rings. The van der Waals surface area contributed by atoms with Gasteiger partial charge in [-0.05, 0) is 18.6 Å². The second kappa shape index (κ2) is 4.35. The summed E-state index contributed by atoms with van der Waals surface area (Å²) in [5, 5.41) is 0. The second-order valence-corrected chi connectivity index (χ2v) is 3.60. The van der Waals surface area contributed by atoms with Gasteiger partial charge in [-0.1, -0.05) is 6.92 Å². The van der Waals surface area contributed by atoms with Crippen LogP contribution in [0.5, 0.6) is 5.75 Å². The van der Waals surface area contributed by atoms with Gasteiger partial charge >= 0.3 is 0 Å². The molecule has 0 fully saturated rings. The highest BCUT2D eigenvalue weighted by Gasteiger charge is 2.04. The normalized spacial score (nSPS) is 10.6. The molecule has 0 N–H and O–H groups in total. The molecule has 0 radical (unpaired) electrons. The number of rotatable bonds is 3. The molecule has 1 aromatic heterocycles. The van der Waals surface area contributed by atoms with Gasteiger partial charge in [0.25, 0.3) is 5.56 Å². The van der Waals surface area contributed by atoms with Crippen LogP contribution in [0.2, 0.25) is 0 Å². The van der Waals surface area contributed by atoms with Gasteiger partial charge in [0.1, 0.15) is 5.75 Å². The van der Waals surface area contributed by atoms with Gasteiger partial charge in [-0.25, -0.2) is 4.98 Å². The van der Waals surface area contributed by atoms with Crippen molar-refractivity contribution in [2.75, 3.05) is 7.11 Å². The SMILES string of the molecule is CCCn1c(=O)cnc2cc(OC)ccc21. The van der Waals surface area contributed by atoms with Gasteiger partial charge in [0.15, 0.2) is 0 Å². The lowest BCUT2D eigenvalue weighted by Crippen LogP contribution is -2.20. The van der Waals surface area contributed by atoms with Crippen molar-refractivity contribution in [3.63, 3.8) is 0 Å². The Balaban J connectivity index is 2.68. The minimum Gasteiger partial charge on any atom is -0.497 e. The molecule has 4 nitrogen and oxygen atoms in total. The first-order valence-corrected chi connectivity index (χ1v) is 5.30. The molecule has 0 aliphatic heterocycles. The lowest BCUT2D eigenvalue weighted by molar-refractivity contribution is 0.415. The van der Waals surface area contributed by atoms with Crippen LogP contribution in [0.1, 0.15) is 13.3 Å². The molecule has 2 rings (SSSR count). The molecule has 0 bridgehead atoms. The van der Waals surface area contributed by atoms with Crippen molar-refractivity contribution >= 4 is 11.0 Å². The van der Waals surface area contributed by atoms with Crippen LogP contribution in [0, 0.1) is 0 Å². The average Bonchev–Trinajstić information content (AvgIpc) is 2.32. The van der Waals surface area contributed by atoms with Crippen molar-refractivity contribution in [1.29, 1.82) is 0 Å². The van der Waals surface area contributed by atoms with Crippen LogP contribution in [-0.2, 0) is 6.54 Å². The molecule has 0 amide bonds. The topological polar surface area (TPSA) is 44.1 Å². The minimum atomic E-state index is -0.0560. The summed E-state index contributed by atoms with van der Waals surface area (Å²) in [6.07, 6.45) is 2.28. The van der Waals surface area contributed by atoms with Crippen LogP contribution >= 0.6 is 0 Å². The van der Waals surface area contributed by atoms with Crippen LogP contribution in [0.15, 0.2) is 29.2 Å². The van der Waals surface area contributed by atoms with Crippen LogP contribution in [-0.4, -0.2) is 16.7 Å². The van der Waals surface area contributed by atoms with Crippen LogP contribution in [0.25, 0.3) is 11.0 Å². The lowest BCUT2D eigenvalue weighted by atomic mass is 10.2. The highest BCUT2D eigenvalue weighted by atomic mass is 16.5. The first-order valence-electron chi connectivity index (χ1n) is 5.30. The standard InChI is InChI=1S/C12H14N2O2/c1-3-6-14-11-5-4-9(16-2)7-10(11)13-8-12(14)15/h4-5,7-8H,3,6H2,1-2H3. The molecule has 1 aromatic carbocycles. The monoisotopic (exact) mass is 218 g/mol. The maximum Gasteiger partial charge on any atom is 0.269 e. The predicted molar refractivity (Wildman–Crippen MR) is 62.8 cm³/mol. The maximum absolute atomic E-state index is 11.6. The molecule has 84 valence electrons. The number of methoxy groups -OCH3 is 1. The zero-order valence-corrected chi connectivity index (χ0v) is 9.43. The van der Waals surface area contributed by atoms with Crippen molar-refractivity contribution in [3.8, 4) is 5.75 Å². The van der Waals surface area contributed by atoms with Gasteiger partial charge in [-0.2, -0.15) is 0 Å². The van der Waals surface area contributed by atoms with Crippen LogP contribution < -0.4 is 10.3 Å². The predicted octanol–water partition coefficient (Wildman–Crippen LogP) is 1.82. The fourth-order valence-electron chi connectivity index (χ4n) is 1.73. The summed E-state index contributed by atoms with van der Waals surface area (Å²) in [5.74, 6) is 0.752. The first kappa shape index (κ1) is 10.7. The Morgan fingerprint density at radius 1 is 1.44 bits per heavy atom. The van der Waals surface area contributed by atoms with E-state index in [0.717, 1.165) is 23.2 Å². The number of hydrogen-bond acceptors (Lipinski definition) is 3. The fourth-order valence-corrected chi connectivity index (χ4v) is 1.73. The van der Waals surface area contributed by atoms with Gasteiger partial charge < -0.3 is 9.30 Å². The molecule has 0 aliphatic carbocycles. The van der Waals surface area contributed by atoms with E-state index in [9.17, 15) is 4.79 Å². The van der Waals surface area contributed by atoms with E-state index in [2.05, 4.69) is 4.98 Å². The van der Waals surface area contributed by atoms with E-state index in [1.54, 1.807) is 11.7 Å². The summed E-state index contributed by atoms with van der Waals surface area (Å²) in [7, 11) is 1.61. The highest BCUT2D eigenvalue weighted by molar-refractivity contribution is 5.76. The van der Waals surface area contributed by atoms with E-state index in [1.165, 1.54) is 6.20 Å². The molecular weight excluding hydrogens is 204 g/mol. The third kappa shape index (κ3) is 1.78. The minimum absolute atomic E-state index is 0.0560. The van der Waals surface area contributed by atoms with Gasteiger partial charge in [-0.15, -0.1) is 0 Å². The quantitative estimate of drug-likeness (QED) is 0.789. The van der Waals surface area contributed by atoms with E-state index in [-0.39, 0.29) is 5.56 Å². The van der Waals surface area contributed by atoms with Crippen molar-refractivity contribution in [2.45, 2.75) is 19.9 Å². The molecule has 0 saturated heterocycles. The van der Waals surface area contributed by atoms with Gasteiger partial charge in [0.2, 0.25) is 0 Å². The first-order chi connectivity index (χ1) is 7.76. The van der Waals surface area contributed by atoms with E-state index in [0.29, 0.717) is 6.54 Å². The van der Waals surface area contributed by atoms with Crippen molar-refractivity contribution < 1.29 is 4.74 Å². The zero-order chi connectivity index (χ0) is 11.5. The Labute approximate surface area is 93.5 Å². The van der Waals surface area contributed by atoms with Crippen molar-refractivity contribution in [3.05, 3.63) is 34.7 Å². The summed E-state index contributed by atoms with van der Waals surface area (Å²) < 4.78 is 6.86. The number of aromatic nitrogens is 2. The number of fused-ring (bicyclic) bond motifs is 1. The van der Waals surface area contributed by atoms with E-state index in [4.69, 9.17) is 4.74 Å². The van der Waals surface area contributed by atoms with Gasteiger partial charge in [0.05, 0.1) is 24.3 Å². The largest absolute Gasteiger partial charge is 0.497 e. The smallest absolute Gasteiger partial charge is 0.269 e. The summed E-state index contributed by atoms with van der Waals surface area (Å²) >= 11 is 0. The van der Waals surface area contributed by atoms with Crippen LogP contribution in [0.4, 0.5) is 0 Å². The second-order valence-electron chi connectivity index (χ2n) is 3.60. The fraction of sp³-hybridized carbons (Fsp3) is 0.333. The Morgan fingerprint density at radius 2 is 2.25 bits per heavy atom. The third-order valence-corrected chi connectivity index (χ3v) is 2.50. The number of ether oxygens (including phenoxy) is 1. The van der Waals surface area contributed by atoms with E-state index < -0.39 is 0 Å². The molecule has 4 heteroatoms. The summed E-state index contributed by atoms with van der Waals surface area (Å²) in [5.41, 5.74) is 1.59.